The van der Waals surface area contributed by atoms with Gasteiger partial charge in [0.15, 0.2) is 6.61 Å². The first-order valence-electron chi connectivity index (χ1n) is 12.4. The van der Waals surface area contributed by atoms with Crippen LogP contribution in [0.15, 0.2) is 64.2 Å². The van der Waals surface area contributed by atoms with E-state index in [1.54, 1.807) is 24.3 Å². The summed E-state index contributed by atoms with van der Waals surface area (Å²) >= 11 is 1.19. The molecule has 1 aliphatic rings. The van der Waals surface area contributed by atoms with Crippen molar-refractivity contribution in [1.29, 1.82) is 0 Å². The maximum atomic E-state index is 13.3. The van der Waals surface area contributed by atoms with Gasteiger partial charge >= 0.3 is 17.8 Å². The van der Waals surface area contributed by atoms with Crippen LogP contribution < -0.4 is 16.0 Å². The zero-order valence-corrected chi connectivity index (χ0v) is 22.3. The molecule has 0 radical (unpaired) electrons. The Morgan fingerprint density at radius 2 is 1.95 bits per heavy atom. The van der Waals surface area contributed by atoms with Gasteiger partial charge in [-0.1, -0.05) is 12.1 Å². The summed E-state index contributed by atoms with van der Waals surface area (Å²) in [6.07, 6.45) is 1.48. The summed E-state index contributed by atoms with van der Waals surface area (Å²) in [4.78, 5) is 37.7. The number of hydrogen-bond acceptors (Lipinski definition) is 7. The fourth-order valence-corrected chi connectivity index (χ4v) is 5.33. The minimum Gasteiger partial charge on any atom is -0.482 e. The van der Waals surface area contributed by atoms with Gasteiger partial charge in [-0.05, 0) is 79.7 Å². The maximum Gasteiger partial charge on any atom is 0.431 e. The van der Waals surface area contributed by atoms with E-state index in [1.165, 1.54) is 17.6 Å². The van der Waals surface area contributed by atoms with Crippen LogP contribution in [0.5, 0.6) is 5.75 Å². The van der Waals surface area contributed by atoms with Gasteiger partial charge in [-0.3, -0.25) is 9.36 Å². The summed E-state index contributed by atoms with van der Waals surface area (Å²) in [6, 6.07) is 10.3. The molecule has 2 aromatic heterocycles. The number of ether oxygens (including phenoxy) is 2. The highest BCUT2D eigenvalue weighted by molar-refractivity contribution is 7.13. The lowest BCUT2D eigenvalue weighted by atomic mass is 10.0. The topological polar surface area (TPSA) is 92.4 Å². The molecular formula is C28H24F3N3O5S. The van der Waals surface area contributed by atoms with Crippen molar-refractivity contribution < 1.29 is 27.4 Å². The molecule has 208 valence electrons. The number of carbonyl (C=O) groups is 1. The zero-order valence-electron chi connectivity index (χ0n) is 21.5. The van der Waals surface area contributed by atoms with E-state index in [0.717, 1.165) is 36.6 Å². The van der Waals surface area contributed by atoms with Crippen molar-refractivity contribution in [3.05, 3.63) is 86.7 Å². The van der Waals surface area contributed by atoms with E-state index in [0.29, 0.717) is 37.6 Å². The second-order valence-corrected chi connectivity index (χ2v) is 10.2. The first-order chi connectivity index (χ1) is 19.0. The number of benzene rings is 2. The van der Waals surface area contributed by atoms with Crippen molar-refractivity contribution in [2.45, 2.75) is 38.5 Å². The third-order valence-electron chi connectivity index (χ3n) is 6.64. The average Bonchev–Trinajstić information content (AvgIpc) is 3.33. The van der Waals surface area contributed by atoms with Gasteiger partial charge in [0, 0.05) is 24.1 Å². The molecule has 2 aromatic carbocycles. The molecular weight excluding hydrogens is 547 g/mol. The van der Waals surface area contributed by atoms with Crippen LogP contribution >= 0.6 is 11.5 Å². The number of carbonyl (C=O) groups excluding carboxylic acids is 1. The summed E-state index contributed by atoms with van der Waals surface area (Å²) < 4.78 is 57.3. The van der Waals surface area contributed by atoms with Crippen LogP contribution in [0.1, 0.15) is 30.5 Å². The third-order valence-corrected chi connectivity index (χ3v) is 7.46. The number of fused-ring (bicyclic) bond motifs is 1. The zero-order chi connectivity index (χ0) is 28.6. The number of allylic oxidation sites excluding steroid dienone is 1. The Hall–Kier alpha value is -4.19. The SMILES string of the molecule is Cc1ccc(OCC(=O)OC2C=CCCC2)cc1-c1nsc2ccc(-n3c(=O)cc(C(F)(F)F)n(C)c3=O)cc12. The standard InChI is InChI=1S/C28H24F3N3O5S/c1-16-8-10-19(38-15-25(36)39-18-6-4-3-5-7-18)13-20(16)26-21-12-17(9-11-22(21)40-32-26)34-24(35)14-23(28(29,30)31)33(2)27(34)37/h4,6,8-14,18H,3,5,7,15H2,1-2H3. The van der Waals surface area contributed by atoms with Gasteiger partial charge in [0.1, 0.15) is 17.5 Å². The van der Waals surface area contributed by atoms with Gasteiger partial charge in [-0.2, -0.15) is 17.5 Å². The van der Waals surface area contributed by atoms with Gasteiger partial charge in [0.25, 0.3) is 5.56 Å². The van der Waals surface area contributed by atoms with Crippen molar-refractivity contribution in [3.8, 4) is 22.7 Å². The number of rotatable bonds is 6. The number of halogens is 3. The number of aromatic nitrogens is 3. The highest BCUT2D eigenvalue weighted by Crippen LogP contribution is 2.35. The predicted octanol–water partition coefficient (Wildman–Crippen LogP) is 5.17. The molecule has 1 atom stereocenters. The fraction of sp³-hybridized carbons (Fsp3) is 0.286. The first kappa shape index (κ1) is 27.4. The van der Waals surface area contributed by atoms with Crippen LogP contribution in [0.25, 0.3) is 27.0 Å². The molecule has 0 N–H and O–H groups in total. The van der Waals surface area contributed by atoms with Crippen LogP contribution in [0.4, 0.5) is 13.2 Å². The summed E-state index contributed by atoms with van der Waals surface area (Å²) in [5.74, 6) is -0.0622. The largest absolute Gasteiger partial charge is 0.482 e. The molecule has 0 fully saturated rings. The molecule has 8 nitrogen and oxygen atoms in total. The molecule has 0 saturated carbocycles. The predicted molar refractivity (Wildman–Crippen MR) is 144 cm³/mol. The van der Waals surface area contributed by atoms with Gasteiger partial charge < -0.3 is 9.47 Å². The van der Waals surface area contributed by atoms with Crippen LogP contribution in [0, 0.1) is 6.92 Å². The highest BCUT2D eigenvalue weighted by Gasteiger charge is 2.35. The normalized spacial score (nSPS) is 15.4. The second kappa shape index (κ2) is 10.8. The quantitative estimate of drug-likeness (QED) is 0.234. The van der Waals surface area contributed by atoms with E-state index in [-0.39, 0.29) is 18.4 Å². The number of nitrogens with zero attached hydrogens (tertiary/aromatic N) is 3. The molecule has 2 heterocycles. The molecule has 0 amide bonds. The van der Waals surface area contributed by atoms with E-state index >= 15 is 0 Å². The monoisotopic (exact) mass is 571 g/mol. The number of hydrogen-bond donors (Lipinski definition) is 0. The maximum absolute atomic E-state index is 13.3. The van der Waals surface area contributed by atoms with E-state index in [4.69, 9.17) is 9.47 Å². The summed E-state index contributed by atoms with van der Waals surface area (Å²) in [5, 5.41) is 0.597. The van der Waals surface area contributed by atoms with Crippen LogP contribution in [-0.2, 0) is 22.8 Å². The molecule has 0 bridgehead atoms. The number of esters is 1. The number of aryl methyl sites for hydroxylation is 1. The summed E-state index contributed by atoms with van der Waals surface area (Å²) in [7, 11) is 0.966. The van der Waals surface area contributed by atoms with E-state index in [9.17, 15) is 27.6 Å². The fourth-order valence-electron chi connectivity index (χ4n) is 4.57. The van der Waals surface area contributed by atoms with Crippen molar-refractivity contribution in [3.63, 3.8) is 0 Å². The summed E-state index contributed by atoms with van der Waals surface area (Å²) in [5.41, 5.74) is -1.36. The van der Waals surface area contributed by atoms with E-state index in [2.05, 4.69) is 4.37 Å². The molecule has 4 aromatic rings. The van der Waals surface area contributed by atoms with Crippen molar-refractivity contribution in [2.24, 2.45) is 7.05 Å². The molecule has 12 heteroatoms. The Balaban J connectivity index is 1.46. The van der Waals surface area contributed by atoms with Crippen LogP contribution in [0.2, 0.25) is 0 Å². The van der Waals surface area contributed by atoms with Gasteiger partial charge in [0.2, 0.25) is 0 Å². The molecule has 5 rings (SSSR count). The Labute approximate surface area is 230 Å². The minimum atomic E-state index is -4.85. The van der Waals surface area contributed by atoms with Gasteiger partial charge in [0.05, 0.1) is 16.1 Å². The third kappa shape index (κ3) is 5.44. The van der Waals surface area contributed by atoms with Crippen molar-refractivity contribution in [2.75, 3.05) is 6.61 Å². The molecule has 1 unspecified atom stereocenters. The Kier molecular flexibility index (Phi) is 7.37. The second-order valence-electron chi connectivity index (χ2n) is 9.41. The first-order valence-corrected chi connectivity index (χ1v) is 13.2. The molecule has 0 aliphatic heterocycles. The lowest BCUT2D eigenvalue weighted by molar-refractivity contribution is -0.149. The smallest absolute Gasteiger partial charge is 0.431 e. The lowest BCUT2D eigenvalue weighted by Crippen LogP contribution is -2.40. The van der Waals surface area contributed by atoms with Gasteiger partial charge in [-0.15, -0.1) is 0 Å². The van der Waals surface area contributed by atoms with E-state index < -0.39 is 29.1 Å². The van der Waals surface area contributed by atoms with Crippen LogP contribution in [-0.4, -0.2) is 32.2 Å². The average molecular weight is 572 g/mol. The lowest BCUT2D eigenvalue weighted by Gasteiger charge is -2.17. The molecule has 0 saturated heterocycles. The summed E-state index contributed by atoms with van der Waals surface area (Å²) in [6.45, 7) is 1.60. The minimum absolute atomic E-state index is 0.109. The molecule has 0 spiro atoms. The van der Waals surface area contributed by atoms with Gasteiger partial charge in [-0.25, -0.2) is 14.2 Å². The highest BCUT2D eigenvalue weighted by atomic mass is 32.1. The number of alkyl halides is 3. The Bertz CT molecular complexity index is 1750. The molecule has 1 aliphatic carbocycles. The molecule has 40 heavy (non-hydrogen) atoms. The van der Waals surface area contributed by atoms with Crippen LogP contribution in [0.3, 0.4) is 0 Å². The Morgan fingerprint density at radius 1 is 1.15 bits per heavy atom. The van der Waals surface area contributed by atoms with Crippen molar-refractivity contribution >= 4 is 27.6 Å². The Morgan fingerprint density at radius 3 is 2.67 bits per heavy atom. The van der Waals surface area contributed by atoms with Crippen molar-refractivity contribution in [1.82, 2.24) is 13.5 Å². The van der Waals surface area contributed by atoms with E-state index in [1.807, 2.05) is 25.1 Å².